The molecule has 31 heavy (non-hydrogen) atoms. The molecule has 1 aromatic heterocycles. The molecule has 2 heterocycles. The Labute approximate surface area is 184 Å². The van der Waals surface area contributed by atoms with E-state index in [0.717, 1.165) is 11.1 Å². The second-order valence-corrected chi connectivity index (χ2v) is 7.66. The summed E-state index contributed by atoms with van der Waals surface area (Å²) in [4.78, 5) is 27.0. The molecular formula is C23H21ClN2O5. The highest BCUT2D eigenvalue weighted by Gasteiger charge is 2.28. The van der Waals surface area contributed by atoms with Gasteiger partial charge in [-0.2, -0.15) is 0 Å². The summed E-state index contributed by atoms with van der Waals surface area (Å²) in [6, 6.07) is 10.6. The number of furan rings is 1. The van der Waals surface area contributed by atoms with Gasteiger partial charge >= 0.3 is 0 Å². The lowest BCUT2D eigenvalue weighted by atomic mass is 10.1. The van der Waals surface area contributed by atoms with E-state index in [1.165, 1.54) is 13.4 Å². The van der Waals surface area contributed by atoms with Crippen LogP contribution in [0.5, 0.6) is 11.5 Å². The van der Waals surface area contributed by atoms with Crippen LogP contribution >= 0.6 is 11.6 Å². The Morgan fingerprint density at radius 2 is 1.97 bits per heavy atom. The minimum atomic E-state index is -0.313. The van der Waals surface area contributed by atoms with Crippen LogP contribution in [0.25, 0.3) is 0 Å². The molecule has 0 unspecified atom stereocenters. The minimum absolute atomic E-state index is 0.0970. The number of hydrogen-bond acceptors (Lipinski definition) is 5. The fourth-order valence-corrected chi connectivity index (χ4v) is 3.66. The first-order chi connectivity index (χ1) is 14.9. The fourth-order valence-electron chi connectivity index (χ4n) is 3.54. The van der Waals surface area contributed by atoms with Crippen LogP contribution in [-0.4, -0.2) is 25.5 Å². The third kappa shape index (κ3) is 4.09. The SMILES string of the molecule is COc1cc2c(cc1NC(=O)c1c(C)coc1C)OCC(=O)N2Cc1ccc(Cl)cc1. The Hall–Kier alpha value is -3.45. The predicted octanol–water partition coefficient (Wildman–Crippen LogP) is 4.74. The molecular weight excluding hydrogens is 420 g/mol. The van der Waals surface area contributed by atoms with Crippen molar-refractivity contribution in [1.29, 1.82) is 0 Å². The second-order valence-electron chi connectivity index (χ2n) is 7.22. The summed E-state index contributed by atoms with van der Waals surface area (Å²) in [5, 5.41) is 3.48. The lowest BCUT2D eigenvalue weighted by molar-refractivity contribution is -0.121. The van der Waals surface area contributed by atoms with Crippen molar-refractivity contribution >= 4 is 34.8 Å². The van der Waals surface area contributed by atoms with E-state index < -0.39 is 0 Å². The van der Waals surface area contributed by atoms with Gasteiger partial charge in [-0.05, 0) is 31.5 Å². The van der Waals surface area contributed by atoms with Gasteiger partial charge in [-0.25, -0.2) is 0 Å². The average Bonchev–Trinajstić information content (AvgIpc) is 3.09. The summed E-state index contributed by atoms with van der Waals surface area (Å²) in [6.07, 6.45) is 1.54. The van der Waals surface area contributed by atoms with Crippen LogP contribution < -0.4 is 19.7 Å². The number of carbonyl (C=O) groups excluding carboxylic acids is 2. The van der Waals surface area contributed by atoms with Crippen LogP contribution in [-0.2, 0) is 11.3 Å². The summed E-state index contributed by atoms with van der Waals surface area (Å²) >= 11 is 5.96. The highest BCUT2D eigenvalue weighted by atomic mass is 35.5. The Kier molecular flexibility index (Phi) is 5.61. The monoisotopic (exact) mass is 440 g/mol. The number of nitrogens with one attached hydrogen (secondary N) is 1. The smallest absolute Gasteiger partial charge is 0.265 e. The second kappa shape index (κ2) is 8.35. The fraction of sp³-hybridized carbons (Fsp3) is 0.217. The van der Waals surface area contributed by atoms with Gasteiger partial charge in [0.1, 0.15) is 17.3 Å². The zero-order valence-electron chi connectivity index (χ0n) is 17.3. The molecule has 160 valence electrons. The predicted molar refractivity (Wildman–Crippen MR) is 117 cm³/mol. The molecule has 2 amide bonds. The molecule has 3 aromatic rings. The van der Waals surface area contributed by atoms with Crippen LogP contribution in [0, 0.1) is 13.8 Å². The van der Waals surface area contributed by atoms with Crippen LogP contribution in [0.1, 0.15) is 27.2 Å². The molecule has 0 atom stereocenters. The Balaban J connectivity index is 1.66. The third-order valence-corrected chi connectivity index (χ3v) is 5.36. The molecule has 0 spiro atoms. The summed E-state index contributed by atoms with van der Waals surface area (Å²) in [7, 11) is 1.50. The molecule has 0 saturated heterocycles. The number of benzene rings is 2. The van der Waals surface area contributed by atoms with Crippen LogP contribution in [0.3, 0.4) is 0 Å². The highest BCUT2D eigenvalue weighted by molar-refractivity contribution is 6.30. The number of amides is 2. The first-order valence-corrected chi connectivity index (χ1v) is 10.0. The van der Waals surface area contributed by atoms with Crippen LogP contribution in [0.15, 0.2) is 47.1 Å². The van der Waals surface area contributed by atoms with Gasteiger partial charge < -0.3 is 24.1 Å². The van der Waals surface area contributed by atoms with Gasteiger partial charge in [0.05, 0.1) is 36.9 Å². The Morgan fingerprint density at radius 1 is 1.23 bits per heavy atom. The van der Waals surface area contributed by atoms with Crippen molar-refractivity contribution in [3.05, 3.63) is 70.1 Å². The number of fused-ring (bicyclic) bond motifs is 1. The third-order valence-electron chi connectivity index (χ3n) is 5.11. The molecule has 2 aromatic carbocycles. The minimum Gasteiger partial charge on any atom is -0.494 e. The van der Waals surface area contributed by atoms with Crippen molar-refractivity contribution < 1.29 is 23.5 Å². The molecule has 4 rings (SSSR count). The Bertz CT molecular complexity index is 1130. The number of nitrogens with zero attached hydrogens (tertiary/aromatic N) is 1. The van der Waals surface area contributed by atoms with E-state index in [4.69, 9.17) is 25.5 Å². The number of methoxy groups -OCH3 is 1. The summed E-state index contributed by atoms with van der Waals surface area (Å²) in [5.74, 6) is 0.927. The number of aryl methyl sites for hydroxylation is 2. The van der Waals surface area contributed by atoms with E-state index >= 15 is 0 Å². The molecule has 1 aliphatic rings. The quantitative estimate of drug-likeness (QED) is 0.620. The van der Waals surface area contributed by atoms with E-state index in [0.29, 0.717) is 45.8 Å². The van der Waals surface area contributed by atoms with Gasteiger partial charge in [-0.1, -0.05) is 23.7 Å². The number of carbonyl (C=O) groups is 2. The summed E-state index contributed by atoms with van der Waals surface area (Å²) < 4.78 is 16.5. The molecule has 0 aliphatic carbocycles. The van der Waals surface area contributed by atoms with Gasteiger partial charge in [0.15, 0.2) is 6.61 Å². The number of rotatable bonds is 5. The van der Waals surface area contributed by atoms with Crippen molar-refractivity contribution in [2.75, 3.05) is 23.9 Å². The van der Waals surface area contributed by atoms with Crippen LogP contribution in [0.4, 0.5) is 11.4 Å². The maximum Gasteiger partial charge on any atom is 0.265 e. The van der Waals surface area contributed by atoms with E-state index in [2.05, 4.69) is 5.32 Å². The van der Waals surface area contributed by atoms with Crippen molar-refractivity contribution in [3.8, 4) is 11.5 Å². The van der Waals surface area contributed by atoms with Gasteiger partial charge in [0, 0.05) is 22.7 Å². The average molecular weight is 441 g/mol. The molecule has 0 radical (unpaired) electrons. The largest absolute Gasteiger partial charge is 0.494 e. The zero-order valence-corrected chi connectivity index (χ0v) is 18.1. The summed E-state index contributed by atoms with van der Waals surface area (Å²) in [5.41, 5.74) is 3.14. The molecule has 0 fully saturated rings. The van der Waals surface area contributed by atoms with Gasteiger partial charge in [-0.15, -0.1) is 0 Å². The van der Waals surface area contributed by atoms with Crippen molar-refractivity contribution in [3.63, 3.8) is 0 Å². The van der Waals surface area contributed by atoms with E-state index in [1.54, 1.807) is 43.0 Å². The number of hydrogen-bond donors (Lipinski definition) is 1. The molecule has 8 heteroatoms. The van der Waals surface area contributed by atoms with Gasteiger partial charge in [-0.3, -0.25) is 9.59 Å². The first-order valence-electron chi connectivity index (χ1n) is 9.63. The van der Waals surface area contributed by atoms with Crippen LogP contribution in [0.2, 0.25) is 5.02 Å². The topological polar surface area (TPSA) is 81.0 Å². The number of ether oxygens (including phenoxy) is 2. The first kappa shape index (κ1) is 20.8. The highest BCUT2D eigenvalue weighted by Crippen LogP contribution is 2.41. The van der Waals surface area contributed by atoms with Crippen molar-refractivity contribution in [2.24, 2.45) is 0 Å². The molecule has 0 saturated carbocycles. The number of anilines is 2. The number of halogens is 1. The molecule has 1 N–H and O–H groups in total. The van der Waals surface area contributed by atoms with Gasteiger partial charge in [0.2, 0.25) is 0 Å². The lowest BCUT2D eigenvalue weighted by Gasteiger charge is -2.30. The molecule has 0 bridgehead atoms. The zero-order chi connectivity index (χ0) is 22.1. The maximum absolute atomic E-state index is 12.8. The Morgan fingerprint density at radius 3 is 2.61 bits per heavy atom. The summed E-state index contributed by atoms with van der Waals surface area (Å²) in [6.45, 7) is 3.79. The van der Waals surface area contributed by atoms with E-state index in [1.807, 2.05) is 12.1 Å². The van der Waals surface area contributed by atoms with E-state index in [9.17, 15) is 9.59 Å². The normalized spacial score (nSPS) is 12.9. The lowest BCUT2D eigenvalue weighted by Crippen LogP contribution is -2.38. The van der Waals surface area contributed by atoms with Gasteiger partial charge in [0.25, 0.3) is 11.8 Å². The van der Waals surface area contributed by atoms with E-state index in [-0.39, 0.29) is 18.4 Å². The standard InChI is InChI=1S/C23H21ClN2O5/c1-13-11-30-14(2)22(13)23(28)25-17-8-20-18(9-19(17)29-3)26(21(27)12-31-20)10-15-4-6-16(24)7-5-15/h4-9,11H,10,12H2,1-3H3,(H,25,28). The van der Waals surface area contributed by atoms with Crippen molar-refractivity contribution in [2.45, 2.75) is 20.4 Å². The molecule has 7 nitrogen and oxygen atoms in total. The van der Waals surface area contributed by atoms with Crippen molar-refractivity contribution in [1.82, 2.24) is 0 Å². The maximum atomic E-state index is 12.8. The molecule has 1 aliphatic heterocycles.